The van der Waals surface area contributed by atoms with Gasteiger partial charge in [-0.25, -0.2) is 9.07 Å². The number of anilines is 1. The Kier molecular flexibility index (Phi) is 8.23. The van der Waals surface area contributed by atoms with Crippen molar-refractivity contribution in [1.82, 2.24) is 14.8 Å². The summed E-state index contributed by atoms with van der Waals surface area (Å²) in [6.07, 6.45) is 4.63. The van der Waals surface area contributed by atoms with Gasteiger partial charge in [0, 0.05) is 17.0 Å². The number of halogens is 1. The van der Waals surface area contributed by atoms with Gasteiger partial charge in [-0.2, -0.15) is 4.98 Å². The minimum Gasteiger partial charge on any atom is -0.494 e. The number of fused-ring (bicyclic) bond motifs is 1. The summed E-state index contributed by atoms with van der Waals surface area (Å²) in [4.78, 5) is 17.2. The quantitative estimate of drug-likeness (QED) is 0.241. The van der Waals surface area contributed by atoms with Gasteiger partial charge in [-0.3, -0.25) is 4.79 Å². The van der Waals surface area contributed by atoms with Gasteiger partial charge in [-0.1, -0.05) is 68.3 Å². The summed E-state index contributed by atoms with van der Waals surface area (Å²) < 4.78 is 21.7. The monoisotopic (exact) mass is 494 g/mol. The first-order chi connectivity index (χ1) is 17.0. The van der Waals surface area contributed by atoms with Crippen molar-refractivity contribution in [2.24, 2.45) is 0 Å². The highest BCUT2D eigenvalue weighted by Gasteiger charge is 2.32. The van der Waals surface area contributed by atoms with Crippen LogP contribution in [0.2, 0.25) is 0 Å². The molecule has 1 N–H and O–H groups in total. The summed E-state index contributed by atoms with van der Waals surface area (Å²) in [5.41, 5.74) is 2.91. The predicted molar refractivity (Wildman–Crippen MR) is 137 cm³/mol. The first-order valence-electron chi connectivity index (χ1n) is 12.0. The largest absolute Gasteiger partial charge is 0.494 e. The number of aromatic nitrogens is 3. The second kappa shape index (κ2) is 11.5. The molecule has 1 aliphatic heterocycles. The zero-order valence-corrected chi connectivity index (χ0v) is 21.2. The molecule has 0 amide bonds. The third-order valence-electron chi connectivity index (χ3n) is 5.99. The lowest BCUT2D eigenvalue weighted by Gasteiger charge is -2.28. The van der Waals surface area contributed by atoms with Gasteiger partial charge in [0.25, 0.3) is 0 Å². The summed E-state index contributed by atoms with van der Waals surface area (Å²) >= 11 is 1.36. The van der Waals surface area contributed by atoms with E-state index in [1.807, 2.05) is 37.3 Å². The first kappa shape index (κ1) is 25.0. The van der Waals surface area contributed by atoms with Crippen LogP contribution in [-0.4, -0.2) is 27.2 Å². The van der Waals surface area contributed by atoms with E-state index < -0.39 is 6.04 Å². The van der Waals surface area contributed by atoms with Gasteiger partial charge in [-0.05, 0) is 49.6 Å². The number of carbonyl (C=O) groups excluding carboxylic acids is 1. The molecule has 2 heterocycles. The number of ketones is 1. The number of hydrogen-bond acceptors (Lipinski definition) is 6. The smallest absolute Gasteiger partial charge is 0.227 e. The molecule has 0 aliphatic carbocycles. The van der Waals surface area contributed by atoms with Crippen molar-refractivity contribution in [3.8, 4) is 5.75 Å². The molecular weight excluding hydrogens is 463 g/mol. The van der Waals surface area contributed by atoms with Crippen LogP contribution in [0.1, 0.15) is 63.6 Å². The highest BCUT2D eigenvalue weighted by molar-refractivity contribution is 7.98. The third kappa shape index (κ3) is 5.93. The molecule has 4 rings (SSSR count). The van der Waals surface area contributed by atoms with Crippen LogP contribution >= 0.6 is 11.8 Å². The topological polar surface area (TPSA) is 69.0 Å². The number of allylic oxidation sites excluding steroid dienone is 2. The van der Waals surface area contributed by atoms with Crippen LogP contribution in [0.5, 0.6) is 5.75 Å². The van der Waals surface area contributed by atoms with Crippen LogP contribution < -0.4 is 10.1 Å². The number of rotatable bonds is 11. The Hall–Kier alpha value is -3.13. The summed E-state index contributed by atoms with van der Waals surface area (Å²) in [5, 5.41) is 8.42. The number of Topliss-reactive ketones (excluding diaryl/α,β-unsaturated/α-hetero) is 1. The van der Waals surface area contributed by atoms with Gasteiger partial charge in [0.2, 0.25) is 11.1 Å². The number of unbranched alkanes of at least 4 members (excludes halogenated alkanes) is 3. The van der Waals surface area contributed by atoms with Gasteiger partial charge in [0.1, 0.15) is 17.6 Å². The molecule has 1 atom stereocenters. The minimum absolute atomic E-state index is 0.0297. The Labute approximate surface area is 210 Å². The summed E-state index contributed by atoms with van der Waals surface area (Å²) in [7, 11) is 0. The molecule has 6 nitrogen and oxygen atoms in total. The van der Waals surface area contributed by atoms with E-state index in [1.54, 1.807) is 23.7 Å². The molecule has 0 radical (unpaired) electrons. The molecule has 2 aromatic carbocycles. The molecule has 8 heteroatoms. The van der Waals surface area contributed by atoms with Crippen molar-refractivity contribution < 1.29 is 13.9 Å². The van der Waals surface area contributed by atoms with Gasteiger partial charge in [0.05, 0.1) is 6.61 Å². The molecule has 0 saturated carbocycles. The number of carbonyl (C=O) groups is 1. The van der Waals surface area contributed by atoms with Crippen molar-refractivity contribution in [1.29, 1.82) is 0 Å². The van der Waals surface area contributed by atoms with Crippen LogP contribution in [0, 0.1) is 5.82 Å². The van der Waals surface area contributed by atoms with E-state index in [-0.39, 0.29) is 11.6 Å². The van der Waals surface area contributed by atoms with Crippen LogP contribution in [0.3, 0.4) is 0 Å². The Bertz CT molecular complexity index is 1210. The average molecular weight is 495 g/mol. The van der Waals surface area contributed by atoms with E-state index >= 15 is 0 Å². The zero-order valence-electron chi connectivity index (χ0n) is 20.4. The number of benzene rings is 2. The van der Waals surface area contributed by atoms with E-state index in [0.717, 1.165) is 23.4 Å². The maximum Gasteiger partial charge on any atom is 0.227 e. The van der Waals surface area contributed by atoms with Crippen LogP contribution in [-0.2, 0) is 10.5 Å². The van der Waals surface area contributed by atoms with E-state index in [9.17, 15) is 9.18 Å². The molecule has 0 fully saturated rings. The standard InChI is InChI=1S/C27H31FN4O2S/c1-4-5-6-9-16-34-22-14-12-20(13-15-22)25-24(19(3)33)18(2)29-26-30-27(31-32(25)26)35-17-21-10-7-8-11-23(21)28/h7-8,10-15,25H,4-6,9,16-17H2,1-3H3,(H,29,30,31). The van der Waals surface area contributed by atoms with Gasteiger partial charge < -0.3 is 10.1 Å². The SMILES string of the molecule is CCCCCCOc1ccc(C2C(C(C)=O)=C(C)Nc3nc(SCc4ccccc4F)nn32)cc1. The molecule has 184 valence electrons. The molecule has 0 bridgehead atoms. The second-order valence-electron chi connectivity index (χ2n) is 8.64. The number of nitrogens with one attached hydrogen (secondary N) is 1. The van der Waals surface area contributed by atoms with E-state index in [2.05, 4.69) is 22.3 Å². The number of hydrogen-bond donors (Lipinski definition) is 1. The first-order valence-corrected chi connectivity index (χ1v) is 13.0. The Morgan fingerprint density at radius 2 is 1.91 bits per heavy atom. The lowest BCUT2D eigenvalue weighted by molar-refractivity contribution is -0.114. The second-order valence-corrected chi connectivity index (χ2v) is 9.59. The zero-order chi connectivity index (χ0) is 24.8. The van der Waals surface area contributed by atoms with E-state index in [1.165, 1.54) is 37.1 Å². The maximum absolute atomic E-state index is 14.0. The maximum atomic E-state index is 14.0. The Balaban J connectivity index is 1.55. The van der Waals surface area contributed by atoms with E-state index in [4.69, 9.17) is 4.74 Å². The van der Waals surface area contributed by atoms with Crippen molar-refractivity contribution in [2.45, 2.75) is 63.4 Å². The summed E-state index contributed by atoms with van der Waals surface area (Å²) in [5.74, 6) is 1.51. The fourth-order valence-electron chi connectivity index (χ4n) is 4.18. The van der Waals surface area contributed by atoms with Gasteiger partial charge >= 0.3 is 0 Å². The molecule has 1 aliphatic rings. The fourth-order valence-corrected chi connectivity index (χ4v) is 5.00. The highest BCUT2D eigenvalue weighted by atomic mass is 32.2. The normalized spacial score (nSPS) is 15.0. The van der Waals surface area contributed by atoms with Crippen molar-refractivity contribution in [3.05, 3.63) is 76.7 Å². The van der Waals surface area contributed by atoms with Crippen molar-refractivity contribution in [2.75, 3.05) is 11.9 Å². The van der Waals surface area contributed by atoms with Gasteiger partial charge in [-0.15, -0.1) is 5.10 Å². The molecule has 1 unspecified atom stereocenters. The lowest BCUT2D eigenvalue weighted by atomic mass is 9.93. The molecular formula is C27H31FN4O2S. The fraction of sp³-hybridized carbons (Fsp3) is 0.370. The highest BCUT2D eigenvalue weighted by Crippen LogP contribution is 2.37. The summed E-state index contributed by atoms with van der Waals surface area (Å²) in [6.45, 7) is 6.33. The molecule has 3 aromatic rings. The average Bonchev–Trinajstić information content (AvgIpc) is 3.25. The minimum atomic E-state index is -0.405. The van der Waals surface area contributed by atoms with Crippen molar-refractivity contribution in [3.63, 3.8) is 0 Å². The molecule has 0 saturated heterocycles. The molecule has 35 heavy (non-hydrogen) atoms. The number of ether oxygens (including phenoxy) is 1. The molecule has 1 aromatic heterocycles. The Morgan fingerprint density at radius 1 is 1.14 bits per heavy atom. The summed E-state index contributed by atoms with van der Waals surface area (Å²) in [6, 6.07) is 14.1. The number of nitrogens with zero attached hydrogens (tertiary/aromatic N) is 3. The lowest BCUT2D eigenvalue weighted by Crippen LogP contribution is -2.27. The van der Waals surface area contributed by atoms with Crippen molar-refractivity contribution >= 4 is 23.5 Å². The van der Waals surface area contributed by atoms with Crippen LogP contribution in [0.15, 0.2) is 65.0 Å². The Morgan fingerprint density at radius 3 is 2.63 bits per heavy atom. The predicted octanol–water partition coefficient (Wildman–Crippen LogP) is 6.55. The van der Waals surface area contributed by atoms with E-state index in [0.29, 0.717) is 34.6 Å². The van der Waals surface area contributed by atoms with Crippen LogP contribution in [0.25, 0.3) is 0 Å². The number of thioether (sulfide) groups is 1. The van der Waals surface area contributed by atoms with Crippen LogP contribution in [0.4, 0.5) is 10.3 Å². The third-order valence-corrected chi connectivity index (χ3v) is 6.88. The molecule has 0 spiro atoms. The van der Waals surface area contributed by atoms with Gasteiger partial charge in [0.15, 0.2) is 5.78 Å².